The Balaban J connectivity index is 1.33. The highest BCUT2D eigenvalue weighted by Crippen LogP contribution is 2.66. The van der Waals surface area contributed by atoms with Gasteiger partial charge in [-0.25, -0.2) is 0 Å². The normalized spacial score (nSPS) is 31.6. The Hall–Kier alpha value is -1.13. The zero-order valence-corrected chi connectivity index (χ0v) is 22.5. The smallest absolute Gasteiger partial charge is 0.163 e. The van der Waals surface area contributed by atoms with Gasteiger partial charge in [0.25, 0.3) is 0 Å². The fourth-order valence-electron chi connectivity index (χ4n) is 7.84. The van der Waals surface area contributed by atoms with Crippen LogP contribution in [0.15, 0.2) is 30.3 Å². The average Bonchev–Trinajstić information content (AvgIpc) is 2.71. The van der Waals surface area contributed by atoms with Gasteiger partial charge in [0.1, 0.15) is 6.61 Å². The van der Waals surface area contributed by atoms with Crippen molar-refractivity contribution in [3.63, 3.8) is 0 Å². The lowest BCUT2D eigenvalue weighted by atomic mass is 9.43. The van der Waals surface area contributed by atoms with Crippen LogP contribution in [0.5, 0.6) is 11.5 Å². The second-order valence-electron chi connectivity index (χ2n) is 11.6. The SMILES string of the molecule is CCOc1cc(CNC23CC4CC(C)(CC(C)(C4)C2)C3)c(Cl)cc1OCc1c(Cl)cccc1Cl. The Morgan fingerprint density at radius 2 is 1.53 bits per heavy atom. The molecule has 0 amide bonds. The number of benzene rings is 2. The number of rotatable bonds is 8. The molecule has 1 N–H and O–H groups in total. The molecule has 34 heavy (non-hydrogen) atoms. The molecule has 3 nitrogen and oxygen atoms in total. The monoisotopic (exact) mass is 521 g/mol. The molecule has 0 aromatic heterocycles. The van der Waals surface area contributed by atoms with Crippen LogP contribution in [0.3, 0.4) is 0 Å². The molecule has 6 heteroatoms. The Morgan fingerprint density at radius 3 is 2.15 bits per heavy atom. The maximum Gasteiger partial charge on any atom is 0.163 e. The Kier molecular flexibility index (Phi) is 6.55. The summed E-state index contributed by atoms with van der Waals surface area (Å²) in [5.74, 6) is 2.14. The van der Waals surface area contributed by atoms with E-state index < -0.39 is 0 Å². The van der Waals surface area contributed by atoms with Crippen LogP contribution in [-0.4, -0.2) is 12.1 Å². The maximum atomic E-state index is 6.76. The van der Waals surface area contributed by atoms with E-state index in [0.29, 0.717) is 44.0 Å². The molecular formula is C28H34Cl3NO2. The summed E-state index contributed by atoms with van der Waals surface area (Å²) < 4.78 is 12.0. The van der Waals surface area contributed by atoms with Crippen molar-refractivity contribution in [2.45, 2.75) is 78.0 Å². The molecule has 184 valence electrons. The summed E-state index contributed by atoms with van der Waals surface area (Å²) in [5.41, 5.74) is 2.95. The van der Waals surface area contributed by atoms with E-state index >= 15 is 0 Å². The molecule has 4 saturated carbocycles. The van der Waals surface area contributed by atoms with Gasteiger partial charge in [0.15, 0.2) is 11.5 Å². The van der Waals surface area contributed by atoms with E-state index in [-0.39, 0.29) is 12.1 Å². The minimum Gasteiger partial charge on any atom is -0.490 e. The summed E-state index contributed by atoms with van der Waals surface area (Å²) in [6.07, 6.45) is 7.97. The fraction of sp³-hybridized carbons (Fsp3) is 0.571. The van der Waals surface area contributed by atoms with Gasteiger partial charge in [0.2, 0.25) is 0 Å². The first-order valence-electron chi connectivity index (χ1n) is 12.4. The third kappa shape index (κ3) is 4.78. The number of hydrogen-bond acceptors (Lipinski definition) is 3. The Bertz CT molecular complexity index is 1050. The van der Waals surface area contributed by atoms with Gasteiger partial charge in [0.05, 0.1) is 6.61 Å². The van der Waals surface area contributed by atoms with Gasteiger partial charge >= 0.3 is 0 Å². The standard InChI is InChI=1S/C28H34Cl3NO2/c1-4-33-24-8-19(23(31)9-25(24)34-14-20-21(29)6-5-7-22(20)30)13-32-28-12-18-10-26(2,16-28)15-27(3,11-18)17-28/h5-9,18,32H,4,10-17H2,1-3H3. The molecule has 2 aromatic carbocycles. The third-order valence-electron chi connectivity index (χ3n) is 8.13. The molecule has 2 atom stereocenters. The highest BCUT2D eigenvalue weighted by atomic mass is 35.5. The predicted octanol–water partition coefficient (Wildman–Crippen LogP) is 8.46. The third-order valence-corrected chi connectivity index (χ3v) is 9.19. The summed E-state index contributed by atoms with van der Waals surface area (Å²) in [7, 11) is 0. The number of halogens is 3. The van der Waals surface area contributed by atoms with Crippen molar-refractivity contribution in [2.75, 3.05) is 6.61 Å². The maximum absolute atomic E-state index is 6.76. The summed E-state index contributed by atoms with van der Waals surface area (Å²) in [6, 6.07) is 9.32. The van der Waals surface area contributed by atoms with Crippen LogP contribution in [-0.2, 0) is 13.2 Å². The predicted molar refractivity (Wildman–Crippen MR) is 140 cm³/mol. The first kappa shape index (κ1) is 24.6. The second-order valence-corrected chi connectivity index (χ2v) is 12.8. The summed E-state index contributed by atoms with van der Waals surface area (Å²) in [4.78, 5) is 0. The zero-order chi connectivity index (χ0) is 24.1. The average molecular weight is 523 g/mol. The quantitative estimate of drug-likeness (QED) is 0.377. The van der Waals surface area contributed by atoms with Crippen LogP contribution in [0.4, 0.5) is 0 Å². The van der Waals surface area contributed by atoms with Crippen LogP contribution in [0.25, 0.3) is 0 Å². The highest BCUT2D eigenvalue weighted by molar-refractivity contribution is 6.36. The van der Waals surface area contributed by atoms with E-state index in [2.05, 4.69) is 19.2 Å². The summed E-state index contributed by atoms with van der Waals surface area (Å²) in [5, 5.41) is 5.82. The van der Waals surface area contributed by atoms with Crippen LogP contribution >= 0.6 is 34.8 Å². The van der Waals surface area contributed by atoms with Gasteiger partial charge in [-0.15, -0.1) is 0 Å². The number of hydrogen-bond donors (Lipinski definition) is 1. The van der Waals surface area contributed by atoms with Gasteiger partial charge in [-0.05, 0) is 86.0 Å². The molecule has 0 radical (unpaired) electrons. The molecule has 4 bridgehead atoms. The van der Waals surface area contributed by atoms with E-state index in [9.17, 15) is 0 Å². The lowest BCUT2D eigenvalue weighted by molar-refractivity contribution is -0.118. The first-order chi connectivity index (χ1) is 16.1. The molecule has 0 heterocycles. The van der Waals surface area contributed by atoms with Crippen LogP contribution in [0, 0.1) is 16.7 Å². The topological polar surface area (TPSA) is 30.5 Å². The lowest BCUT2D eigenvalue weighted by Gasteiger charge is -2.65. The van der Waals surface area contributed by atoms with E-state index in [1.807, 2.05) is 37.3 Å². The van der Waals surface area contributed by atoms with Crippen molar-refractivity contribution < 1.29 is 9.47 Å². The highest BCUT2D eigenvalue weighted by Gasteiger charge is 2.59. The van der Waals surface area contributed by atoms with Gasteiger partial charge in [-0.3, -0.25) is 0 Å². The van der Waals surface area contributed by atoms with Crippen molar-refractivity contribution in [2.24, 2.45) is 16.7 Å². The number of nitrogens with one attached hydrogen (secondary N) is 1. The lowest BCUT2D eigenvalue weighted by Crippen LogP contribution is -2.63. The molecular weight excluding hydrogens is 489 g/mol. The summed E-state index contributed by atoms with van der Waals surface area (Å²) in [6.45, 7) is 8.49. The second kappa shape index (κ2) is 9.07. The molecule has 4 fully saturated rings. The zero-order valence-electron chi connectivity index (χ0n) is 20.3. The molecule has 4 aliphatic rings. The van der Waals surface area contributed by atoms with Crippen LogP contribution < -0.4 is 14.8 Å². The molecule has 2 unspecified atom stereocenters. The van der Waals surface area contributed by atoms with Gasteiger partial charge in [-0.1, -0.05) is 54.7 Å². The van der Waals surface area contributed by atoms with E-state index in [1.165, 1.54) is 38.5 Å². The molecule has 0 spiro atoms. The Morgan fingerprint density at radius 1 is 0.882 bits per heavy atom. The van der Waals surface area contributed by atoms with Crippen molar-refractivity contribution >= 4 is 34.8 Å². The Labute approximate surface area is 218 Å². The van der Waals surface area contributed by atoms with Crippen molar-refractivity contribution in [1.82, 2.24) is 5.32 Å². The van der Waals surface area contributed by atoms with E-state index in [4.69, 9.17) is 44.3 Å². The van der Waals surface area contributed by atoms with E-state index in [0.717, 1.165) is 23.6 Å². The first-order valence-corrected chi connectivity index (χ1v) is 13.5. The molecule has 6 rings (SSSR count). The fourth-order valence-corrected chi connectivity index (χ4v) is 8.57. The summed E-state index contributed by atoms with van der Waals surface area (Å²) >= 11 is 19.4. The molecule has 0 saturated heterocycles. The van der Waals surface area contributed by atoms with Crippen molar-refractivity contribution in [3.05, 3.63) is 56.5 Å². The molecule has 4 aliphatic carbocycles. The molecule has 0 aliphatic heterocycles. The van der Waals surface area contributed by atoms with Gasteiger partial charge in [0, 0.05) is 38.8 Å². The van der Waals surface area contributed by atoms with E-state index in [1.54, 1.807) is 0 Å². The minimum absolute atomic E-state index is 0.216. The minimum atomic E-state index is 0.216. The van der Waals surface area contributed by atoms with Crippen LogP contribution in [0.2, 0.25) is 15.1 Å². The van der Waals surface area contributed by atoms with Crippen molar-refractivity contribution in [1.29, 1.82) is 0 Å². The van der Waals surface area contributed by atoms with Crippen molar-refractivity contribution in [3.8, 4) is 11.5 Å². The van der Waals surface area contributed by atoms with Crippen LogP contribution in [0.1, 0.15) is 70.4 Å². The van der Waals surface area contributed by atoms with Gasteiger partial charge < -0.3 is 14.8 Å². The van der Waals surface area contributed by atoms with Gasteiger partial charge in [-0.2, -0.15) is 0 Å². The largest absolute Gasteiger partial charge is 0.490 e. The number of ether oxygens (including phenoxy) is 2. The molecule has 2 aromatic rings.